The Morgan fingerprint density at radius 1 is 0.824 bits per heavy atom. The Hall–Kier alpha value is -4.04. The van der Waals surface area contributed by atoms with Crippen molar-refractivity contribution >= 4 is 34.9 Å². The van der Waals surface area contributed by atoms with Crippen LogP contribution in [0.15, 0.2) is 60.7 Å². The number of anilines is 1. The summed E-state index contributed by atoms with van der Waals surface area (Å²) in [5, 5.41) is 2.89. The molecule has 34 heavy (non-hydrogen) atoms. The lowest BCUT2D eigenvalue weighted by Gasteiger charge is -2.15. The third-order valence-electron chi connectivity index (χ3n) is 4.86. The maximum Gasteiger partial charge on any atom is 0.340 e. The highest BCUT2D eigenvalue weighted by atomic mass is 35.5. The molecule has 0 fully saturated rings. The maximum absolute atomic E-state index is 12.9. The second-order valence-electron chi connectivity index (χ2n) is 6.91. The molecule has 0 heterocycles. The summed E-state index contributed by atoms with van der Waals surface area (Å²) in [6, 6.07) is 15.7. The number of rotatable bonds is 9. The summed E-state index contributed by atoms with van der Waals surface area (Å²) >= 11 is 6.11. The first-order valence-electron chi connectivity index (χ1n) is 10.0. The van der Waals surface area contributed by atoms with Crippen LogP contribution in [-0.4, -0.2) is 45.6 Å². The predicted octanol–water partition coefficient (Wildman–Crippen LogP) is 4.66. The first-order chi connectivity index (χ1) is 16.4. The highest BCUT2D eigenvalue weighted by Gasteiger charge is 2.22. The molecule has 3 aromatic rings. The Kier molecular flexibility index (Phi) is 8.10. The van der Waals surface area contributed by atoms with Crippen molar-refractivity contribution in [1.82, 2.24) is 0 Å². The number of halogens is 1. The van der Waals surface area contributed by atoms with Crippen LogP contribution < -0.4 is 19.5 Å². The fourth-order valence-electron chi connectivity index (χ4n) is 3.06. The van der Waals surface area contributed by atoms with E-state index in [4.69, 9.17) is 30.5 Å². The van der Waals surface area contributed by atoms with E-state index < -0.39 is 24.3 Å². The van der Waals surface area contributed by atoms with Crippen LogP contribution in [0.1, 0.15) is 31.1 Å². The number of carbonyl (C=O) groups is 3. The Balaban J connectivity index is 1.84. The van der Waals surface area contributed by atoms with Gasteiger partial charge in [-0.05, 0) is 36.4 Å². The number of hydrogen-bond acceptors (Lipinski definition) is 7. The summed E-state index contributed by atoms with van der Waals surface area (Å²) in [5.41, 5.74) is 0.645. The van der Waals surface area contributed by atoms with Gasteiger partial charge in [0.1, 0.15) is 5.75 Å². The molecule has 0 bridgehead atoms. The molecule has 0 atom stereocenters. The van der Waals surface area contributed by atoms with Crippen molar-refractivity contribution in [2.45, 2.75) is 0 Å². The highest BCUT2D eigenvalue weighted by molar-refractivity contribution is 6.34. The molecule has 0 saturated carbocycles. The van der Waals surface area contributed by atoms with Gasteiger partial charge in [0.05, 0.1) is 43.2 Å². The maximum atomic E-state index is 12.9. The van der Waals surface area contributed by atoms with Crippen LogP contribution in [-0.2, 0) is 4.74 Å². The Bertz CT molecular complexity index is 1210. The van der Waals surface area contributed by atoms with E-state index in [0.717, 1.165) is 0 Å². The Labute approximate surface area is 201 Å². The minimum Gasteiger partial charge on any atom is -0.497 e. The topological polar surface area (TPSA) is 100 Å². The van der Waals surface area contributed by atoms with E-state index in [-0.39, 0.29) is 33.3 Å². The molecule has 0 spiro atoms. The van der Waals surface area contributed by atoms with Crippen molar-refractivity contribution in [3.8, 4) is 17.2 Å². The zero-order valence-electron chi connectivity index (χ0n) is 18.7. The zero-order chi connectivity index (χ0) is 24.7. The normalized spacial score (nSPS) is 10.2. The van der Waals surface area contributed by atoms with Crippen LogP contribution in [0.5, 0.6) is 17.2 Å². The fraction of sp³-hybridized carbons (Fsp3) is 0.160. The van der Waals surface area contributed by atoms with Gasteiger partial charge in [0.2, 0.25) is 0 Å². The lowest BCUT2D eigenvalue weighted by Crippen LogP contribution is -2.19. The second kappa shape index (κ2) is 11.2. The van der Waals surface area contributed by atoms with Crippen LogP contribution in [0.2, 0.25) is 5.02 Å². The number of Topliss-reactive ketones (excluding diaryl/α,β-unsaturated/α-hetero) is 1. The van der Waals surface area contributed by atoms with Gasteiger partial charge < -0.3 is 24.3 Å². The summed E-state index contributed by atoms with van der Waals surface area (Å²) < 4.78 is 20.8. The van der Waals surface area contributed by atoms with Gasteiger partial charge in [-0.1, -0.05) is 23.7 Å². The monoisotopic (exact) mass is 483 g/mol. The molecule has 3 rings (SSSR count). The van der Waals surface area contributed by atoms with Crippen molar-refractivity contribution in [2.24, 2.45) is 0 Å². The molecule has 0 unspecified atom stereocenters. The summed E-state index contributed by atoms with van der Waals surface area (Å²) in [5.74, 6) is -0.663. The van der Waals surface area contributed by atoms with E-state index in [1.165, 1.54) is 33.5 Å². The van der Waals surface area contributed by atoms with Crippen molar-refractivity contribution in [3.05, 3.63) is 82.4 Å². The summed E-state index contributed by atoms with van der Waals surface area (Å²) in [4.78, 5) is 38.1. The smallest absolute Gasteiger partial charge is 0.340 e. The minimum absolute atomic E-state index is 0.0272. The van der Waals surface area contributed by atoms with E-state index in [1.807, 2.05) is 0 Å². The summed E-state index contributed by atoms with van der Waals surface area (Å²) in [7, 11) is 4.34. The number of ether oxygens (including phenoxy) is 4. The van der Waals surface area contributed by atoms with Crippen molar-refractivity contribution in [3.63, 3.8) is 0 Å². The van der Waals surface area contributed by atoms with Gasteiger partial charge in [-0.3, -0.25) is 9.59 Å². The SMILES string of the molecule is COc1ccc(C(=O)COC(=O)c2cc(OC)c(OC)cc2NC(=O)c2ccccc2Cl)cc1. The van der Waals surface area contributed by atoms with Gasteiger partial charge in [0.15, 0.2) is 23.9 Å². The van der Waals surface area contributed by atoms with Gasteiger partial charge in [0.25, 0.3) is 5.91 Å². The predicted molar refractivity (Wildman–Crippen MR) is 127 cm³/mol. The largest absolute Gasteiger partial charge is 0.497 e. The molecule has 0 aromatic heterocycles. The zero-order valence-corrected chi connectivity index (χ0v) is 19.5. The molecule has 0 aliphatic carbocycles. The summed E-state index contributed by atoms with van der Waals surface area (Å²) in [6.45, 7) is -0.503. The van der Waals surface area contributed by atoms with Crippen LogP contribution in [0.4, 0.5) is 5.69 Å². The number of amides is 1. The third kappa shape index (κ3) is 5.65. The van der Waals surface area contributed by atoms with Crippen LogP contribution in [0, 0.1) is 0 Å². The Morgan fingerprint density at radius 3 is 2.09 bits per heavy atom. The average Bonchev–Trinajstić information content (AvgIpc) is 2.86. The van der Waals surface area contributed by atoms with Gasteiger partial charge in [0, 0.05) is 17.7 Å². The number of benzene rings is 3. The number of carbonyl (C=O) groups excluding carboxylic acids is 3. The molecule has 1 N–H and O–H groups in total. The first-order valence-corrected chi connectivity index (χ1v) is 10.4. The highest BCUT2D eigenvalue weighted by Crippen LogP contribution is 2.34. The van der Waals surface area contributed by atoms with Gasteiger partial charge >= 0.3 is 5.97 Å². The van der Waals surface area contributed by atoms with Crippen molar-refractivity contribution in [1.29, 1.82) is 0 Å². The van der Waals surface area contributed by atoms with E-state index in [2.05, 4.69) is 5.32 Å². The molecular formula is C25H22ClNO7. The molecule has 8 nitrogen and oxygen atoms in total. The van der Waals surface area contributed by atoms with Gasteiger partial charge in [-0.25, -0.2) is 4.79 Å². The number of ketones is 1. The summed E-state index contributed by atoms with van der Waals surface area (Å²) in [6.07, 6.45) is 0. The Morgan fingerprint density at radius 2 is 1.47 bits per heavy atom. The number of methoxy groups -OCH3 is 3. The molecular weight excluding hydrogens is 462 g/mol. The molecule has 0 saturated heterocycles. The number of esters is 1. The van der Waals surface area contributed by atoms with Gasteiger partial charge in [-0.15, -0.1) is 0 Å². The lowest BCUT2D eigenvalue weighted by molar-refractivity contribution is 0.0475. The molecule has 9 heteroatoms. The van der Waals surface area contributed by atoms with E-state index in [0.29, 0.717) is 11.3 Å². The van der Waals surface area contributed by atoms with E-state index in [9.17, 15) is 14.4 Å². The van der Waals surface area contributed by atoms with Gasteiger partial charge in [-0.2, -0.15) is 0 Å². The van der Waals surface area contributed by atoms with Crippen LogP contribution in [0.25, 0.3) is 0 Å². The quantitative estimate of drug-likeness (QED) is 0.349. The minimum atomic E-state index is -0.836. The average molecular weight is 484 g/mol. The number of nitrogens with one attached hydrogen (secondary N) is 1. The standard InChI is InChI=1S/C25H22ClNO7/c1-31-16-10-8-15(9-11-16)21(28)14-34-25(30)18-12-22(32-2)23(33-3)13-20(18)27-24(29)17-6-4-5-7-19(17)26/h4-13H,14H2,1-3H3,(H,27,29). The van der Waals surface area contributed by atoms with Crippen molar-refractivity contribution < 1.29 is 33.3 Å². The molecule has 1 amide bonds. The van der Waals surface area contributed by atoms with Crippen molar-refractivity contribution in [2.75, 3.05) is 33.3 Å². The van der Waals surface area contributed by atoms with E-state index in [1.54, 1.807) is 48.5 Å². The first kappa shape index (κ1) is 24.6. The van der Waals surface area contributed by atoms with E-state index >= 15 is 0 Å². The second-order valence-corrected chi connectivity index (χ2v) is 7.32. The fourth-order valence-corrected chi connectivity index (χ4v) is 3.28. The van der Waals surface area contributed by atoms with Crippen LogP contribution in [0.3, 0.4) is 0 Å². The lowest BCUT2D eigenvalue weighted by atomic mass is 10.1. The molecule has 0 aliphatic rings. The molecule has 176 valence electrons. The van der Waals surface area contributed by atoms with Crippen LogP contribution >= 0.6 is 11.6 Å². The third-order valence-corrected chi connectivity index (χ3v) is 5.19. The molecule has 3 aromatic carbocycles. The molecule has 0 aliphatic heterocycles. The molecule has 0 radical (unpaired) electrons. The number of hydrogen-bond donors (Lipinski definition) is 1.